The third kappa shape index (κ3) is 3.93. The van der Waals surface area contributed by atoms with Crippen molar-refractivity contribution in [3.8, 4) is 0 Å². The van der Waals surface area contributed by atoms with Gasteiger partial charge < -0.3 is 0 Å². The van der Waals surface area contributed by atoms with Gasteiger partial charge in [-0.2, -0.15) is 16.8 Å². The van der Waals surface area contributed by atoms with E-state index in [2.05, 4.69) is 0 Å². The van der Waals surface area contributed by atoms with Gasteiger partial charge in [0.15, 0.2) is 0 Å². The lowest BCUT2D eigenvalue weighted by atomic mass is 10.6. The Labute approximate surface area is 97.3 Å². The molecule has 2 rings (SSSR count). The van der Waals surface area contributed by atoms with Crippen LogP contribution in [0.2, 0.25) is 0 Å². The highest BCUT2D eigenvalue weighted by atomic mass is 32.2. The summed E-state index contributed by atoms with van der Waals surface area (Å²) in [4.78, 5) is 21.4. The summed E-state index contributed by atoms with van der Waals surface area (Å²) in [5.74, 6) is 2.91. The summed E-state index contributed by atoms with van der Waals surface area (Å²) in [5.41, 5.74) is 0. The number of carbonyl (C=O) groups excluding carboxylic acids is 1. The first kappa shape index (κ1) is 11.7. The van der Waals surface area contributed by atoms with E-state index in [-0.39, 0.29) is 5.12 Å². The molecule has 0 atom stereocenters. The first-order chi connectivity index (χ1) is 7.34. The maximum atomic E-state index is 11.1. The van der Waals surface area contributed by atoms with E-state index < -0.39 is 0 Å². The SMILES string of the molecule is O=C1CN(OON2CCSCC2)CCS1. The van der Waals surface area contributed by atoms with Crippen molar-refractivity contribution in [3.63, 3.8) is 0 Å². The monoisotopic (exact) mass is 250 g/mol. The summed E-state index contributed by atoms with van der Waals surface area (Å²) in [6.07, 6.45) is 0. The fourth-order valence-electron chi connectivity index (χ4n) is 1.31. The largest absolute Gasteiger partial charge is 0.286 e. The average molecular weight is 250 g/mol. The maximum Gasteiger partial charge on any atom is 0.205 e. The van der Waals surface area contributed by atoms with Crippen molar-refractivity contribution < 1.29 is 14.8 Å². The first-order valence-electron chi connectivity index (χ1n) is 4.92. The number of hydroxylamine groups is 4. The zero-order chi connectivity index (χ0) is 10.5. The van der Waals surface area contributed by atoms with Crippen molar-refractivity contribution in [2.45, 2.75) is 0 Å². The number of thioether (sulfide) groups is 2. The van der Waals surface area contributed by atoms with Crippen LogP contribution in [0, 0.1) is 0 Å². The molecular formula is C8H14N2O3S2. The van der Waals surface area contributed by atoms with E-state index in [1.54, 1.807) is 10.1 Å². The molecule has 5 nitrogen and oxygen atoms in total. The lowest BCUT2D eigenvalue weighted by Crippen LogP contribution is -2.40. The number of carbonyl (C=O) groups is 1. The van der Waals surface area contributed by atoms with E-state index >= 15 is 0 Å². The molecule has 0 radical (unpaired) electrons. The molecule has 2 saturated heterocycles. The van der Waals surface area contributed by atoms with E-state index in [1.807, 2.05) is 11.8 Å². The van der Waals surface area contributed by atoms with E-state index in [0.29, 0.717) is 6.54 Å². The second-order valence-electron chi connectivity index (χ2n) is 3.27. The summed E-state index contributed by atoms with van der Waals surface area (Å²) in [5, 5.41) is 3.50. The van der Waals surface area contributed by atoms with Gasteiger partial charge in [-0.05, 0) is 0 Å². The molecule has 0 N–H and O–H groups in total. The quantitative estimate of drug-likeness (QED) is 0.530. The van der Waals surface area contributed by atoms with Gasteiger partial charge in [-0.15, -0.1) is 15.0 Å². The molecule has 2 heterocycles. The van der Waals surface area contributed by atoms with Crippen molar-refractivity contribution in [1.29, 1.82) is 0 Å². The van der Waals surface area contributed by atoms with Crippen LogP contribution in [-0.4, -0.2) is 58.7 Å². The molecule has 2 aliphatic heterocycles. The Morgan fingerprint density at radius 2 is 1.67 bits per heavy atom. The number of rotatable bonds is 3. The van der Waals surface area contributed by atoms with E-state index in [0.717, 1.165) is 36.9 Å². The Bertz CT molecular complexity index is 224. The fraction of sp³-hybridized carbons (Fsp3) is 0.875. The van der Waals surface area contributed by atoms with Crippen LogP contribution in [0.1, 0.15) is 0 Å². The Balaban J connectivity index is 1.65. The van der Waals surface area contributed by atoms with Gasteiger partial charge in [-0.3, -0.25) is 4.79 Å². The fourth-order valence-corrected chi connectivity index (χ4v) is 2.94. The zero-order valence-corrected chi connectivity index (χ0v) is 10.0. The van der Waals surface area contributed by atoms with Gasteiger partial charge in [-0.1, -0.05) is 11.8 Å². The molecule has 86 valence electrons. The minimum absolute atomic E-state index is 0.138. The molecule has 7 heteroatoms. The van der Waals surface area contributed by atoms with Crippen molar-refractivity contribution >= 4 is 28.6 Å². The van der Waals surface area contributed by atoms with Gasteiger partial charge in [0, 0.05) is 36.9 Å². The average Bonchev–Trinajstić information content (AvgIpc) is 2.28. The molecule has 0 bridgehead atoms. The van der Waals surface area contributed by atoms with Crippen LogP contribution in [0.4, 0.5) is 0 Å². The lowest BCUT2D eigenvalue weighted by Gasteiger charge is -2.28. The van der Waals surface area contributed by atoms with Crippen LogP contribution in [0.3, 0.4) is 0 Å². The topological polar surface area (TPSA) is 42.0 Å². The Morgan fingerprint density at radius 3 is 2.40 bits per heavy atom. The summed E-state index contributed by atoms with van der Waals surface area (Å²) < 4.78 is 0. The van der Waals surface area contributed by atoms with Crippen LogP contribution in [0.5, 0.6) is 0 Å². The summed E-state index contributed by atoms with van der Waals surface area (Å²) in [6, 6.07) is 0. The van der Waals surface area contributed by atoms with Gasteiger partial charge in [0.2, 0.25) is 5.12 Å². The van der Waals surface area contributed by atoms with E-state index in [4.69, 9.17) is 9.98 Å². The van der Waals surface area contributed by atoms with Gasteiger partial charge in [0.1, 0.15) is 0 Å². The zero-order valence-electron chi connectivity index (χ0n) is 8.39. The molecule has 0 aliphatic carbocycles. The van der Waals surface area contributed by atoms with Crippen molar-refractivity contribution in [2.24, 2.45) is 0 Å². The predicted molar refractivity (Wildman–Crippen MR) is 60.1 cm³/mol. The molecule has 0 aromatic heterocycles. The van der Waals surface area contributed by atoms with Gasteiger partial charge in [0.05, 0.1) is 6.54 Å². The van der Waals surface area contributed by atoms with Crippen molar-refractivity contribution in [3.05, 3.63) is 0 Å². The van der Waals surface area contributed by atoms with Crippen LogP contribution in [0.15, 0.2) is 0 Å². The van der Waals surface area contributed by atoms with Gasteiger partial charge >= 0.3 is 0 Å². The first-order valence-corrected chi connectivity index (χ1v) is 7.06. The second-order valence-corrected chi connectivity index (χ2v) is 5.65. The van der Waals surface area contributed by atoms with Crippen molar-refractivity contribution in [1.82, 2.24) is 10.1 Å². The molecule has 0 amide bonds. The Morgan fingerprint density at radius 1 is 1.00 bits per heavy atom. The molecule has 0 unspecified atom stereocenters. The summed E-state index contributed by atoms with van der Waals surface area (Å²) >= 11 is 3.26. The molecule has 2 aliphatic rings. The van der Waals surface area contributed by atoms with Crippen LogP contribution in [0.25, 0.3) is 0 Å². The molecule has 15 heavy (non-hydrogen) atoms. The number of nitrogens with zero attached hydrogens (tertiary/aromatic N) is 2. The van der Waals surface area contributed by atoms with Crippen LogP contribution < -0.4 is 0 Å². The highest BCUT2D eigenvalue weighted by Crippen LogP contribution is 2.13. The Hall–Kier alpha value is 0.210. The standard InChI is InChI=1S/C8H14N2O3S2/c11-8-7-10(3-6-15-8)13-12-9-1-4-14-5-2-9/h1-7H2. The summed E-state index contributed by atoms with van der Waals surface area (Å²) in [6.45, 7) is 2.80. The third-order valence-electron chi connectivity index (χ3n) is 2.12. The van der Waals surface area contributed by atoms with E-state index in [9.17, 15) is 4.79 Å². The Kier molecular flexibility index (Phi) is 4.73. The molecule has 0 spiro atoms. The number of hydrogen-bond donors (Lipinski definition) is 0. The highest BCUT2D eigenvalue weighted by Gasteiger charge is 2.20. The highest BCUT2D eigenvalue weighted by molar-refractivity contribution is 8.13. The third-order valence-corrected chi connectivity index (χ3v) is 3.90. The van der Waals surface area contributed by atoms with Crippen LogP contribution in [-0.2, 0) is 14.8 Å². The minimum Gasteiger partial charge on any atom is -0.286 e. The summed E-state index contributed by atoms with van der Waals surface area (Å²) in [7, 11) is 0. The molecular weight excluding hydrogens is 236 g/mol. The van der Waals surface area contributed by atoms with Crippen LogP contribution >= 0.6 is 23.5 Å². The molecule has 0 aromatic carbocycles. The van der Waals surface area contributed by atoms with Crippen molar-refractivity contribution in [2.75, 3.05) is 43.4 Å². The molecule has 0 aromatic rings. The minimum atomic E-state index is 0.138. The molecule has 0 saturated carbocycles. The van der Waals surface area contributed by atoms with Gasteiger partial charge in [0.25, 0.3) is 0 Å². The maximum absolute atomic E-state index is 11.1. The van der Waals surface area contributed by atoms with Gasteiger partial charge in [-0.25, -0.2) is 0 Å². The predicted octanol–water partition coefficient (Wildman–Crippen LogP) is 0.389. The van der Waals surface area contributed by atoms with E-state index in [1.165, 1.54) is 11.8 Å². The molecule has 2 fully saturated rings. The normalized spacial score (nSPS) is 25.7. The smallest absolute Gasteiger partial charge is 0.205 e. The lowest BCUT2D eigenvalue weighted by molar-refractivity contribution is -0.511. The second kappa shape index (κ2) is 6.07. The number of hydrogen-bond acceptors (Lipinski definition) is 7.